The number of amides is 1. The quantitative estimate of drug-likeness (QED) is 0.559. The fourth-order valence-corrected chi connectivity index (χ4v) is 4.02. The zero-order valence-electron chi connectivity index (χ0n) is 18.1. The molecule has 30 heavy (non-hydrogen) atoms. The van der Waals surface area contributed by atoms with Crippen LogP contribution in [-0.2, 0) is 17.9 Å². The minimum absolute atomic E-state index is 0.117. The predicted octanol–water partition coefficient (Wildman–Crippen LogP) is 5.51. The Bertz CT molecular complexity index is 872. The Labute approximate surface area is 189 Å². The van der Waals surface area contributed by atoms with Crippen molar-refractivity contribution in [1.29, 1.82) is 0 Å². The topological polar surface area (TPSA) is 32.8 Å². The third-order valence-electron chi connectivity index (χ3n) is 5.11. The first-order chi connectivity index (χ1) is 14.1. The molecule has 0 spiro atoms. The van der Waals surface area contributed by atoms with Gasteiger partial charge in [-0.2, -0.15) is 0 Å². The molecule has 0 N–H and O–H groups in total. The Morgan fingerprint density at radius 2 is 1.70 bits per heavy atom. The van der Waals surface area contributed by atoms with Gasteiger partial charge in [0.2, 0.25) is 5.91 Å². The Hall–Kier alpha value is -1.75. The first-order valence-electron chi connectivity index (χ1n) is 10.2. The molecule has 1 aliphatic rings. The van der Waals surface area contributed by atoms with Gasteiger partial charge in [0.1, 0.15) is 12.4 Å². The van der Waals surface area contributed by atoms with Crippen LogP contribution in [-0.4, -0.2) is 42.4 Å². The molecule has 3 rings (SSSR count). The van der Waals surface area contributed by atoms with Crippen LogP contribution in [0.15, 0.2) is 42.5 Å². The number of carbonyl (C=O) groups is 1. The monoisotopic (exact) mass is 448 g/mol. The van der Waals surface area contributed by atoms with Crippen LogP contribution in [0.2, 0.25) is 10.0 Å². The standard InChI is InChI=1S/C24H30Cl2N2O2/c1-24(2,3)16-27(4)23(29)19-13-28(14-19)12-17-5-8-20(9-6-17)30-15-18-7-10-21(25)22(26)11-18/h5-11,19H,12-16H2,1-4H3. The minimum Gasteiger partial charge on any atom is -0.489 e. The molecule has 4 nitrogen and oxygen atoms in total. The molecule has 1 amide bonds. The second kappa shape index (κ2) is 9.59. The number of likely N-dealkylation sites (tertiary alicyclic amines) is 1. The molecule has 0 aliphatic carbocycles. The number of halogens is 2. The first-order valence-corrected chi connectivity index (χ1v) is 11.0. The summed E-state index contributed by atoms with van der Waals surface area (Å²) in [5.41, 5.74) is 2.31. The zero-order valence-corrected chi connectivity index (χ0v) is 19.6. The van der Waals surface area contributed by atoms with E-state index in [0.29, 0.717) is 16.7 Å². The van der Waals surface area contributed by atoms with E-state index in [0.717, 1.165) is 37.5 Å². The molecule has 0 radical (unpaired) electrons. The summed E-state index contributed by atoms with van der Waals surface area (Å²) in [4.78, 5) is 16.7. The van der Waals surface area contributed by atoms with E-state index in [4.69, 9.17) is 27.9 Å². The van der Waals surface area contributed by atoms with Crippen LogP contribution < -0.4 is 4.74 Å². The van der Waals surface area contributed by atoms with Crippen LogP contribution in [0.3, 0.4) is 0 Å². The van der Waals surface area contributed by atoms with Crippen molar-refractivity contribution in [1.82, 2.24) is 9.80 Å². The lowest BCUT2D eigenvalue weighted by Gasteiger charge is -2.41. The molecule has 6 heteroatoms. The van der Waals surface area contributed by atoms with E-state index >= 15 is 0 Å². The average molecular weight is 449 g/mol. The summed E-state index contributed by atoms with van der Waals surface area (Å²) >= 11 is 12.0. The molecule has 162 valence electrons. The van der Waals surface area contributed by atoms with Crippen LogP contribution >= 0.6 is 23.2 Å². The maximum absolute atomic E-state index is 12.5. The maximum atomic E-state index is 12.5. The molecule has 0 aromatic heterocycles. The lowest BCUT2D eigenvalue weighted by molar-refractivity contribution is -0.141. The minimum atomic E-state index is 0.117. The zero-order chi connectivity index (χ0) is 21.9. The fourth-order valence-electron chi connectivity index (χ4n) is 3.70. The summed E-state index contributed by atoms with van der Waals surface area (Å²) < 4.78 is 5.84. The third-order valence-corrected chi connectivity index (χ3v) is 5.85. The number of hydrogen-bond donors (Lipinski definition) is 0. The fraction of sp³-hybridized carbons (Fsp3) is 0.458. The smallest absolute Gasteiger partial charge is 0.228 e. The molecule has 2 aromatic rings. The molecular formula is C24H30Cl2N2O2. The van der Waals surface area contributed by atoms with Gasteiger partial charge in [0.15, 0.2) is 0 Å². The normalized spacial score (nSPS) is 15.0. The Balaban J connectivity index is 1.43. The highest BCUT2D eigenvalue weighted by molar-refractivity contribution is 6.42. The van der Waals surface area contributed by atoms with Gasteiger partial charge in [-0.05, 0) is 40.8 Å². The van der Waals surface area contributed by atoms with E-state index < -0.39 is 0 Å². The number of nitrogens with zero attached hydrogens (tertiary/aromatic N) is 2. The first kappa shape index (κ1) is 22.9. The SMILES string of the molecule is CN(CC(C)(C)C)C(=O)C1CN(Cc2ccc(OCc3ccc(Cl)c(Cl)c3)cc2)C1. The van der Waals surface area contributed by atoms with E-state index in [9.17, 15) is 4.79 Å². The summed E-state index contributed by atoms with van der Waals surface area (Å²) in [6, 6.07) is 13.6. The average Bonchev–Trinajstić information content (AvgIpc) is 2.64. The summed E-state index contributed by atoms with van der Waals surface area (Å²) in [6.45, 7) is 10.2. The van der Waals surface area contributed by atoms with Crippen LogP contribution in [0.4, 0.5) is 0 Å². The Morgan fingerprint density at radius 1 is 1.07 bits per heavy atom. The van der Waals surface area contributed by atoms with Crippen molar-refractivity contribution in [3.63, 3.8) is 0 Å². The van der Waals surface area contributed by atoms with Gasteiger partial charge in [-0.3, -0.25) is 9.69 Å². The highest BCUT2D eigenvalue weighted by atomic mass is 35.5. The number of rotatable bonds is 7. The van der Waals surface area contributed by atoms with Crippen LogP contribution in [0.25, 0.3) is 0 Å². The van der Waals surface area contributed by atoms with Gasteiger partial charge in [0.25, 0.3) is 0 Å². The van der Waals surface area contributed by atoms with E-state index in [1.54, 1.807) is 6.07 Å². The molecule has 0 saturated carbocycles. The van der Waals surface area contributed by atoms with Gasteiger partial charge in [-0.1, -0.05) is 62.2 Å². The van der Waals surface area contributed by atoms with E-state index in [-0.39, 0.29) is 17.2 Å². The van der Waals surface area contributed by atoms with Gasteiger partial charge in [0, 0.05) is 33.2 Å². The number of hydrogen-bond acceptors (Lipinski definition) is 3. The van der Waals surface area contributed by atoms with Crippen molar-refractivity contribution in [3.8, 4) is 5.75 Å². The van der Waals surface area contributed by atoms with Gasteiger partial charge in [0.05, 0.1) is 16.0 Å². The van der Waals surface area contributed by atoms with Crippen molar-refractivity contribution < 1.29 is 9.53 Å². The van der Waals surface area contributed by atoms with Crippen LogP contribution in [0.5, 0.6) is 5.75 Å². The molecule has 2 aromatic carbocycles. The summed E-state index contributed by atoms with van der Waals surface area (Å²) in [5, 5.41) is 1.07. The second-order valence-electron chi connectivity index (χ2n) is 9.33. The van der Waals surface area contributed by atoms with Gasteiger partial charge in [-0.25, -0.2) is 0 Å². The highest BCUT2D eigenvalue weighted by Gasteiger charge is 2.34. The van der Waals surface area contributed by atoms with Gasteiger partial charge in [-0.15, -0.1) is 0 Å². The second-order valence-corrected chi connectivity index (χ2v) is 10.1. The highest BCUT2D eigenvalue weighted by Crippen LogP contribution is 2.25. The molecule has 1 aliphatic heterocycles. The number of benzene rings is 2. The largest absolute Gasteiger partial charge is 0.489 e. The van der Waals surface area contributed by atoms with Crippen molar-refractivity contribution >= 4 is 29.1 Å². The van der Waals surface area contributed by atoms with E-state index in [1.165, 1.54) is 5.56 Å². The summed E-state index contributed by atoms with van der Waals surface area (Å²) in [5.74, 6) is 1.18. The van der Waals surface area contributed by atoms with Crippen molar-refractivity contribution in [3.05, 3.63) is 63.6 Å². The van der Waals surface area contributed by atoms with E-state index in [1.807, 2.05) is 36.2 Å². The molecule has 0 unspecified atom stereocenters. The lowest BCUT2D eigenvalue weighted by Crippen LogP contribution is -2.54. The van der Waals surface area contributed by atoms with Crippen LogP contribution in [0, 0.1) is 11.3 Å². The molecular weight excluding hydrogens is 419 g/mol. The molecule has 0 atom stereocenters. The molecule has 1 fully saturated rings. The number of ether oxygens (including phenoxy) is 1. The molecule has 0 bridgehead atoms. The van der Waals surface area contributed by atoms with Crippen molar-refractivity contribution in [2.75, 3.05) is 26.7 Å². The van der Waals surface area contributed by atoms with Gasteiger partial charge < -0.3 is 9.64 Å². The maximum Gasteiger partial charge on any atom is 0.228 e. The number of carbonyl (C=O) groups excluding carboxylic acids is 1. The predicted molar refractivity (Wildman–Crippen MR) is 123 cm³/mol. The lowest BCUT2D eigenvalue weighted by atomic mass is 9.93. The van der Waals surface area contributed by atoms with Crippen LogP contribution in [0.1, 0.15) is 31.9 Å². The molecule has 1 saturated heterocycles. The molecule has 1 heterocycles. The summed E-state index contributed by atoms with van der Waals surface area (Å²) in [6.07, 6.45) is 0. The Morgan fingerprint density at radius 3 is 2.30 bits per heavy atom. The third kappa shape index (κ3) is 6.37. The van der Waals surface area contributed by atoms with Crippen molar-refractivity contribution in [2.24, 2.45) is 11.3 Å². The Kier molecular flexibility index (Phi) is 7.33. The van der Waals surface area contributed by atoms with Crippen molar-refractivity contribution in [2.45, 2.75) is 33.9 Å². The summed E-state index contributed by atoms with van der Waals surface area (Å²) in [7, 11) is 1.91. The van der Waals surface area contributed by atoms with E-state index in [2.05, 4.69) is 37.8 Å². The van der Waals surface area contributed by atoms with Gasteiger partial charge >= 0.3 is 0 Å².